The van der Waals surface area contributed by atoms with E-state index in [0.717, 1.165) is 0 Å². The van der Waals surface area contributed by atoms with E-state index in [4.69, 9.17) is 11.0 Å². The topological polar surface area (TPSA) is 91.8 Å². The smallest absolute Gasteiger partial charge is 0.255 e. The van der Waals surface area contributed by atoms with Crippen molar-refractivity contribution in [3.63, 3.8) is 0 Å². The highest BCUT2D eigenvalue weighted by Gasteiger charge is 2.05. The van der Waals surface area contributed by atoms with Crippen LogP contribution in [0.4, 0.5) is 11.5 Å². The summed E-state index contributed by atoms with van der Waals surface area (Å²) < 4.78 is 0. The molecule has 0 fully saturated rings. The second-order valence-electron chi connectivity index (χ2n) is 3.62. The highest BCUT2D eigenvalue weighted by Crippen LogP contribution is 2.10. The molecule has 1 heterocycles. The average molecular weight is 238 g/mol. The average Bonchev–Trinajstić information content (AvgIpc) is 2.41. The maximum Gasteiger partial charge on any atom is 0.255 e. The number of nitriles is 1. The van der Waals surface area contributed by atoms with Gasteiger partial charge in [0, 0.05) is 5.56 Å². The number of anilines is 2. The van der Waals surface area contributed by atoms with Crippen LogP contribution < -0.4 is 11.1 Å². The number of nitrogen functional groups attached to an aromatic ring is 1. The van der Waals surface area contributed by atoms with Gasteiger partial charge in [-0.15, -0.1) is 0 Å². The summed E-state index contributed by atoms with van der Waals surface area (Å²) in [4.78, 5) is 15.7. The largest absolute Gasteiger partial charge is 0.384 e. The lowest BCUT2D eigenvalue weighted by Gasteiger charge is -2.04. The molecule has 2 rings (SSSR count). The van der Waals surface area contributed by atoms with Gasteiger partial charge in [-0.05, 0) is 36.4 Å². The van der Waals surface area contributed by atoms with E-state index in [1.54, 1.807) is 36.4 Å². The summed E-state index contributed by atoms with van der Waals surface area (Å²) >= 11 is 0. The second kappa shape index (κ2) is 4.97. The molecule has 1 aromatic carbocycles. The molecule has 18 heavy (non-hydrogen) atoms. The van der Waals surface area contributed by atoms with Crippen LogP contribution in [-0.4, -0.2) is 10.9 Å². The molecule has 0 bridgehead atoms. The standard InChI is InChI=1S/C13H10N4O/c14-7-9-1-3-10(4-2-9)13(18)17-11-5-6-12(15)16-8-11/h1-6,8H,(H2,15,16)(H,17,18). The van der Waals surface area contributed by atoms with E-state index in [1.165, 1.54) is 6.20 Å². The van der Waals surface area contributed by atoms with E-state index in [9.17, 15) is 4.79 Å². The number of nitrogens with one attached hydrogen (secondary N) is 1. The third-order valence-electron chi connectivity index (χ3n) is 2.32. The van der Waals surface area contributed by atoms with Crippen LogP contribution in [0.25, 0.3) is 0 Å². The van der Waals surface area contributed by atoms with Crippen LogP contribution in [0.15, 0.2) is 42.6 Å². The predicted octanol–water partition coefficient (Wildman–Crippen LogP) is 1.79. The van der Waals surface area contributed by atoms with Gasteiger partial charge in [-0.1, -0.05) is 0 Å². The van der Waals surface area contributed by atoms with Gasteiger partial charge in [0.2, 0.25) is 0 Å². The summed E-state index contributed by atoms with van der Waals surface area (Å²) in [5.74, 6) is 0.137. The van der Waals surface area contributed by atoms with Crippen LogP contribution in [0.5, 0.6) is 0 Å². The minimum absolute atomic E-state index is 0.258. The van der Waals surface area contributed by atoms with E-state index in [2.05, 4.69) is 10.3 Å². The number of hydrogen-bond acceptors (Lipinski definition) is 4. The zero-order valence-corrected chi connectivity index (χ0v) is 9.42. The first-order valence-electron chi connectivity index (χ1n) is 5.22. The van der Waals surface area contributed by atoms with Crippen molar-refractivity contribution in [1.29, 1.82) is 5.26 Å². The summed E-state index contributed by atoms with van der Waals surface area (Å²) in [5, 5.41) is 11.3. The molecule has 1 aromatic heterocycles. The second-order valence-corrected chi connectivity index (χ2v) is 3.62. The molecule has 0 aliphatic rings. The molecule has 0 aliphatic carbocycles. The number of rotatable bonds is 2. The summed E-state index contributed by atoms with van der Waals surface area (Å²) in [6, 6.07) is 11.6. The number of pyridine rings is 1. The fraction of sp³-hybridized carbons (Fsp3) is 0. The van der Waals surface area contributed by atoms with Gasteiger partial charge >= 0.3 is 0 Å². The fourth-order valence-electron chi connectivity index (χ4n) is 1.38. The Morgan fingerprint density at radius 2 is 1.94 bits per heavy atom. The third kappa shape index (κ3) is 2.62. The Hall–Kier alpha value is -2.87. The summed E-state index contributed by atoms with van der Waals surface area (Å²) in [7, 11) is 0. The Kier molecular flexibility index (Phi) is 3.21. The van der Waals surface area contributed by atoms with Gasteiger partial charge in [0.05, 0.1) is 23.5 Å². The van der Waals surface area contributed by atoms with Gasteiger partial charge in [0.25, 0.3) is 5.91 Å². The highest BCUT2D eigenvalue weighted by molar-refractivity contribution is 6.04. The molecule has 0 aliphatic heterocycles. The van der Waals surface area contributed by atoms with Crippen molar-refractivity contribution >= 4 is 17.4 Å². The van der Waals surface area contributed by atoms with Gasteiger partial charge in [-0.25, -0.2) is 4.98 Å². The summed E-state index contributed by atoms with van der Waals surface area (Å²) in [6.07, 6.45) is 1.48. The van der Waals surface area contributed by atoms with Crippen LogP contribution >= 0.6 is 0 Å². The van der Waals surface area contributed by atoms with Gasteiger partial charge < -0.3 is 11.1 Å². The first kappa shape index (κ1) is 11.6. The number of benzene rings is 1. The molecule has 0 radical (unpaired) electrons. The van der Waals surface area contributed by atoms with E-state index in [1.807, 2.05) is 6.07 Å². The number of nitrogens with two attached hydrogens (primary N) is 1. The van der Waals surface area contributed by atoms with Crippen molar-refractivity contribution in [3.8, 4) is 6.07 Å². The van der Waals surface area contributed by atoms with E-state index >= 15 is 0 Å². The Morgan fingerprint density at radius 1 is 1.22 bits per heavy atom. The third-order valence-corrected chi connectivity index (χ3v) is 2.32. The quantitative estimate of drug-likeness (QED) is 0.834. The Morgan fingerprint density at radius 3 is 2.50 bits per heavy atom. The molecule has 0 atom stereocenters. The zero-order chi connectivity index (χ0) is 13.0. The first-order valence-corrected chi connectivity index (χ1v) is 5.22. The molecule has 3 N–H and O–H groups in total. The minimum Gasteiger partial charge on any atom is -0.384 e. The molecular formula is C13H10N4O. The van der Waals surface area contributed by atoms with Crippen molar-refractivity contribution in [3.05, 3.63) is 53.7 Å². The maximum absolute atomic E-state index is 11.8. The molecule has 0 unspecified atom stereocenters. The van der Waals surface area contributed by atoms with Gasteiger partial charge in [0.15, 0.2) is 0 Å². The van der Waals surface area contributed by atoms with Crippen molar-refractivity contribution < 1.29 is 4.79 Å². The number of hydrogen-bond donors (Lipinski definition) is 2. The number of nitrogens with zero attached hydrogens (tertiary/aromatic N) is 2. The highest BCUT2D eigenvalue weighted by atomic mass is 16.1. The molecule has 0 saturated carbocycles. The SMILES string of the molecule is N#Cc1ccc(C(=O)Nc2ccc(N)nc2)cc1. The molecule has 88 valence electrons. The van der Waals surface area contributed by atoms with E-state index in [-0.39, 0.29) is 5.91 Å². The normalized spacial score (nSPS) is 9.50. The molecule has 0 saturated heterocycles. The summed E-state index contributed by atoms with van der Waals surface area (Å²) in [6.45, 7) is 0. The van der Waals surface area contributed by atoms with Gasteiger partial charge in [-0.3, -0.25) is 4.79 Å². The predicted molar refractivity (Wildman–Crippen MR) is 67.8 cm³/mol. The number of amides is 1. The molecule has 2 aromatic rings. The molecular weight excluding hydrogens is 228 g/mol. The van der Waals surface area contributed by atoms with Crippen LogP contribution in [-0.2, 0) is 0 Å². The monoisotopic (exact) mass is 238 g/mol. The zero-order valence-electron chi connectivity index (χ0n) is 9.42. The Bertz CT molecular complexity index is 596. The van der Waals surface area contributed by atoms with E-state index < -0.39 is 0 Å². The lowest BCUT2D eigenvalue weighted by molar-refractivity contribution is 0.102. The maximum atomic E-state index is 11.8. The van der Waals surface area contributed by atoms with Crippen LogP contribution in [0.1, 0.15) is 15.9 Å². The van der Waals surface area contributed by atoms with Crippen molar-refractivity contribution in [2.45, 2.75) is 0 Å². The molecule has 1 amide bonds. The number of carbonyl (C=O) groups is 1. The van der Waals surface area contributed by atoms with Crippen molar-refractivity contribution in [2.24, 2.45) is 0 Å². The fourth-order valence-corrected chi connectivity index (χ4v) is 1.38. The molecule has 0 spiro atoms. The lowest BCUT2D eigenvalue weighted by atomic mass is 10.1. The first-order chi connectivity index (χ1) is 8.69. The van der Waals surface area contributed by atoms with E-state index in [0.29, 0.717) is 22.6 Å². The lowest BCUT2D eigenvalue weighted by Crippen LogP contribution is -2.12. The van der Waals surface area contributed by atoms with Gasteiger partial charge in [-0.2, -0.15) is 5.26 Å². The number of aromatic nitrogens is 1. The van der Waals surface area contributed by atoms with Crippen LogP contribution in [0.2, 0.25) is 0 Å². The van der Waals surface area contributed by atoms with Crippen molar-refractivity contribution in [1.82, 2.24) is 4.98 Å². The molecule has 5 nitrogen and oxygen atoms in total. The minimum atomic E-state index is -0.258. The summed E-state index contributed by atoms with van der Waals surface area (Å²) in [5.41, 5.74) is 7.01. The Balaban J connectivity index is 2.12. The van der Waals surface area contributed by atoms with Crippen LogP contribution in [0, 0.1) is 11.3 Å². The molecule has 5 heteroatoms. The van der Waals surface area contributed by atoms with Gasteiger partial charge in [0.1, 0.15) is 5.82 Å². The van der Waals surface area contributed by atoms with Crippen LogP contribution in [0.3, 0.4) is 0 Å². The van der Waals surface area contributed by atoms with Crippen molar-refractivity contribution in [2.75, 3.05) is 11.1 Å². The number of carbonyl (C=O) groups excluding carboxylic acids is 1. The Labute approximate surface area is 104 Å².